The molecule has 3 aliphatic rings. The summed E-state index contributed by atoms with van der Waals surface area (Å²) >= 11 is 10.3. The van der Waals surface area contributed by atoms with E-state index in [1.54, 1.807) is 53.3 Å². The van der Waals surface area contributed by atoms with Crippen LogP contribution in [-0.4, -0.2) is 94.0 Å². The summed E-state index contributed by atoms with van der Waals surface area (Å²) < 4.78 is 13.1. The van der Waals surface area contributed by atoms with Crippen LogP contribution in [0.25, 0.3) is 0 Å². The first kappa shape index (κ1) is 38.7. The van der Waals surface area contributed by atoms with E-state index in [1.165, 1.54) is 4.90 Å². The van der Waals surface area contributed by atoms with Crippen LogP contribution >= 0.6 is 27.5 Å². The monoisotopic (exact) mass is 783 g/mol. The van der Waals surface area contributed by atoms with Crippen LogP contribution in [0.1, 0.15) is 57.1 Å². The summed E-state index contributed by atoms with van der Waals surface area (Å²) in [6, 6.07) is 14.6. The highest BCUT2D eigenvalue weighted by Crippen LogP contribution is 2.60. The van der Waals surface area contributed by atoms with E-state index in [2.05, 4.69) is 29.1 Å². The standard InChI is InChI=1S/C39H47BrClN3O7/c1-5-7-20-30(46)42(4)25(3)33(26-16-10-8-11-17-26)50-38(49)31-32-36(47)44(22-14-9-15-23-45)35(39(32)24-27(40)34(31)51-39)37(48)43(21-6-2)29-19-13-12-18-28(29)41/h5-6,8,10-13,16-19,25,27,31-35,45H,1-2,7,9,14-15,20-24H2,3-4H3/t25-,27?,31-,32+,33+,34-,35-,39+/m0/s1. The van der Waals surface area contributed by atoms with Crippen molar-refractivity contribution in [3.8, 4) is 0 Å². The number of hydrogen-bond acceptors (Lipinski definition) is 7. The maximum absolute atomic E-state index is 14.8. The smallest absolute Gasteiger partial charge is 0.313 e. The number of allylic oxidation sites excluding steroid dienone is 1. The van der Waals surface area contributed by atoms with E-state index >= 15 is 0 Å². The van der Waals surface area contributed by atoms with Gasteiger partial charge in [-0.05, 0) is 56.7 Å². The Morgan fingerprint density at radius 2 is 1.82 bits per heavy atom. The molecular weight excluding hydrogens is 738 g/mol. The molecule has 2 aromatic carbocycles. The number of aliphatic hydroxyl groups is 1. The molecule has 3 heterocycles. The van der Waals surface area contributed by atoms with Crippen molar-refractivity contribution in [1.82, 2.24) is 9.80 Å². The molecule has 0 radical (unpaired) electrons. The molecule has 10 nitrogen and oxygen atoms in total. The Kier molecular flexibility index (Phi) is 12.8. The largest absolute Gasteiger partial charge is 0.455 e. The number of likely N-dealkylation sites (N-methyl/N-ethyl adjacent to an activating group) is 1. The third-order valence-corrected chi connectivity index (χ3v) is 11.6. The van der Waals surface area contributed by atoms with Gasteiger partial charge in [0.25, 0.3) is 5.91 Å². The van der Waals surface area contributed by atoms with E-state index in [9.17, 15) is 24.3 Å². The van der Waals surface area contributed by atoms with Gasteiger partial charge < -0.3 is 29.3 Å². The number of alkyl halides is 1. The molecule has 3 aliphatic heterocycles. The number of esters is 1. The number of likely N-dealkylation sites (tertiary alicyclic amines) is 1. The van der Waals surface area contributed by atoms with Crippen LogP contribution in [-0.2, 0) is 28.7 Å². The minimum absolute atomic E-state index is 0.0164. The van der Waals surface area contributed by atoms with Crippen molar-refractivity contribution in [2.24, 2.45) is 11.8 Å². The maximum Gasteiger partial charge on any atom is 0.313 e. The number of amides is 3. The number of anilines is 1. The van der Waals surface area contributed by atoms with Crippen LogP contribution in [0.3, 0.4) is 0 Å². The molecule has 0 aromatic heterocycles. The average molecular weight is 785 g/mol. The molecule has 0 saturated carbocycles. The van der Waals surface area contributed by atoms with Gasteiger partial charge in [-0.2, -0.15) is 0 Å². The Hall–Kier alpha value is -3.51. The van der Waals surface area contributed by atoms with Crippen molar-refractivity contribution in [3.05, 3.63) is 90.5 Å². The molecule has 5 rings (SSSR count). The predicted molar refractivity (Wildman–Crippen MR) is 199 cm³/mol. The van der Waals surface area contributed by atoms with Gasteiger partial charge in [0.2, 0.25) is 11.8 Å². The second-order valence-electron chi connectivity index (χ2n) is 13.5. The van der Waals surface area contributed by atoms with Crippen LogP contribution in [0.5, 0.6) is 0 Å². The van der Waals surface area contributed by atoms with E-state index in [4.69, 9.17) is 21.1 Å². The number of carbonyl (C=O) groups excluding carboxylic acids is 4. The first-order valence-electron chi connectivity index (χ1n) is 17.5. The topological polar surface area (TPSA) is 117 Å². The first-order chi connectivity index (χ1) is 24.5. The highest BCUT2D eigenvalue weighted by molar-refractivity contribution is 9.09. The second kappa shape index (κ2) is 16.9. The van der Waals surface area contributed by atoms with Gasteiger partial charge in [-0.15, -0.1) is 13.2 Å². The fourth-order valence-corrected chi connectivity index (χ4v) is 9.05. The number of benzene rings is 2. The lowest BCUT2D eigenvalue weighted by atomic mass is 9.70. The van der Waals surface area contributed by atoms with E-state index in [-0.39, 0.29) is 48.7 Å². The Bertz CT molecular complexity index is 1610. The van der Waals surface area contributed by atoms with Crippen LogP contribution in [0.4, 0.5) is 5.69 Å². The summed E-state index contributed by atoms with van der Waals surface area (Å²) in [7, 11) is 1.68. The Morgan fingerprint density at radius 1 is 1.12 bits per heavy atom. The van der Waals surface area contributed by atoms with Crippen LogP contribution < -0.4 is 4.90 Å². The lowest BCUT2D eigenvalue weighted by molar-refractivity contribution is -0.164. The van der Waals surface area contributed by atoms with E-state index < -0.39 is 47.7 Å². The maximum atomic E-state index is 14.8. The highest BCUT2D eigenvalue weighted by Gasteiger charge is 2.77. The normalized spacial score (nSPS) is 25.9. The second-order valence-corrected chi connectivity index (χ2v) is 15.1. The number of hydrogen-bond donors (Lipinski definition) is 1. The number of nitrogens with zero attached hydrogens (tertiary/aromatic N) is 3. The Balaban J connectivity index is 1.51. The summed E-state index contributed by atoms with van der Waals surface area (Å²) in [5.74, 6) is -3.47. The van der Waals surface area contributed by atoms with Gasteiger partial charge >= 0.3 is 5.97 Å². The Morgan fingerprint density at radius 3 is 2.49 bits per heavy atom. The van der Waals surface area contributed by atoms with Crippen molar-refractivity contribution < 1.29 is 33.8 Å². The average Bonchev–Trinajstić information content (AvgIpc) is 3.73. The fraction of sp³-hybridized carbons (Fsp3) is 0.487. The predicted octanol–water partition coefficient (Wildman–Crippen LogP) is 5.87. The fourth-order valence-electron chi connectivity index (χ4n) is 7.87. The number of halogens is 2. The molecule has 274 valence electrons. The van der Waals surface area contributed by atoms with E-state index in [1.807, 2.05) is 37.3 Å². The zero-order chi connectivity index (χ0) is 36.9. The molecule has 3 amide bonds. The lowest BCUT2D eigenvalue weighted by Gasteiger charge is -2.37. The molecule has 0 aliphatic carbocycles. The molecular formula is C39H47BrClN3O7. The van der Waals surface area contributed by atoms with Gasteiger partial charge in [-0.1, -0.05) is 82.1 Å². The van der Waals surface area contributed by atoms with Gasteiger partial charge in [0, 0.05) is 38.0 Å². The van der Waals surface area contributed by atoms with Gasteiger partial charge in [-0.3, -0.25) is 19.2 Å². The van der Waals surface area contributed by atoms with Gasteiger partial charge in [0.15, 0.2) is 0 Å². The number of ether oxygens (including phenoxy) is 2. The number of carbonyl (C=O) groups is 4. The third kappa shape index (κ3) is 7.54. The van der Waals surface area contributed by atoms with E-state index in [0.29, 0.717) is 48.4 Å². The van der Waals surface area contributed by atoms with Crippen molar-refractivity contribution >= 4 is 56.9 Å². The molecule has 3 saturated heterocycles. The lowest BCUT2D eigenvalue weighted by Crippen LogP contribution is -2.57. The number of fused-ring (bicyclic) bond motifs is 1. The zero-order valence-corrected chi connectivity index (χ0v) is 31.5. The first-order valence-corrected chi connectivity index (χ1v) is 18.8. The Labute approximate surface area is 313 Å². The quantitative estimate of drug-likeness (QED) is 0.0924. The van der Waals surface area contributed by atoms with E-state index in [0.717, 1.165) is 0 Å². The minimum Gasteiger partial charge on any atom is -0.455 e. The summed E-state index contributed by atoms with van der Waals surface area (Å²) in [4.78, 5) is 61.4. The van der Waals surface area contributed by atoms with Crippen molar-refractivity contribution in [1.29, 1.82) is 0 Å². The molecule has 1 N–H and O–H groups in total. The molecule has 8 atom stereocenters. The molecule has 12 heteroatoms. The van der Waals surface area contributed by atoms with Gasteiger partial charge in [0.05, 0.1) is 34.7 Å². The van der Waals surface area contributed by atoms with Gasteiger partial charge in [-0.25, -0.2) is 0 Å². The highest BCUT2D eigenvalue weighted by atomic mass is 79.9. The summed E-state index contributed by atoms with van der Waals surface area (Å²) in [6.45, 7) is 9.79. The molecule has 51 heavy (non-hydrogen) atoms. The number of unbranched alkanes of at least 4 members (excludes halogenated alkanes) is 2. The zero-order valence-electron chi connectivity index (χ0n) is 29.2. The van der Waals surface area contributed by atoms with Crippen LogP contribution in [0.15, 0.2) is 79.9 Å². The summed E-state index contributed by atoms with van der Waals surface area (Å²) in [6.07, 6.45) is 4.56. The molecule has 2 bridgehead atoms. The molecule has 1 unspecified atom stereocenters. The van der Waals surface area contributed by atoms with Crippen LogP contribution in [0.2, 0.25) is 5.02 Å². The molecule has 1 spiro atoms. The SMILES string of the molecule is C=CCCC(=O)N(C)[C@@H](C)[C@@H](OC(=O)[C@@H]1[C@H]2O[C@@]3(CC2Br)[C@H](C(=O)N(CC=C)c2ccccc2Cl)N(CCCCCO)C(=O)[C@@H]13)c1ccccc1. The molecule has 3 fully saturated rings. The number of rotatable bonds is 17. The number of aliphatic hydroxyl groups excluding tert-OH is 1. The third-order valence-electron chi connectivity index (χ3n) is 10.4. The summed E-state index contributed by atoms with van der Waals surface area (Å²) in [5.41, 5.74) is -0.145. The molecule has 2 aromatic rings. The van der Waals surface area contributed by atoms with Crippen molar-refractivity contribution in [2.45, 2.75) is 80.2 Å². The van der Waals surface area contributed by atoms with Crippen molar-refractivity contribution in [3.63, 3.8) is 0 Å². The summed E-state index contributed by atoms with van der Waals surface area (Å²) in [5, 5.41) is 9.77. The number of para-hydroxylation sites is 1. The van der Waals surface area contributed by atoms with Crippen LogP contribution in [0, 0.1) is 11.8 Å². The van der Waals surface area contributed by atoms with Gasteiger partial charge in [0.1, 0.15) is 17.7 Å². The minimum atomic E-state index is -1.32. The van der Waals surface area contributed by atoms with Crippen molar-refractivity contribution in [2.75, 3.05) is 31.6 Å².